The van der Waals surface area contributed by atoms with Crippen molar-refractivity contribution in [1.29, 1.82) is 0 Å². The first-order valence-corrected chi connectivity index (χ1v) is 4.63. The molecule has 0 aromatic carbocycles. The highest BCUT2D eigenvalue weighted by Crippen LogP contribution is 2.34. The van der Waals surface area contributed by atoms with E-state index in [0.29, 0.717) is 4.88 Å². The highest BCUT2D eigenvalue weighted by molar-refractivity contribution is 7.12. The molecule has 0 radical (unpaired) electrons. The fourth-order valence-corrected chi connectivity index (χ4v) is 2.52. The van der Waals surface area contributed by atoms with Gasteiger partial charge in [-0.05, 0) is 6.42 Å². The molecule has 0 spiro atoms. The van der Waals surface area contributed by atoms with Gasteiger partial charge in [0.25, 0.3) is 0 Å². The van der Waals surface area contributed by atoms with E-state index in [1.54, 1.807) is 0 Å². The summed E-state index contributed by atoms with van der Waals surface area (Å²) in [6, 6.07) is 0. The summed E-state index contributed by atoms with van der Waals surface area (Å²) in [5, 5.41) is 10.7. The molecule has 1 aromatic heterocycles. The van der Waals surface area contributed by atoms with Gasteiger partial charge in [0, 0.05) is 24.5 Å². The zero-order chi connectivity index (χ0) is 8.72. The second kappa shape index (κ2) is 2.48. The Hall–Kier alpha value is -1.03. The zero-order valence-corrected chi connectivity index (χ0v) is 7.52. The van der Waals surface area contributed by atoms with E-state index in [9.17, 15) is 4.79 Å². The van der Waals surface area contributed by atoms with E-state index in [1.807, 2.05) is 12.4 Å². The fraction of sp³-hybridized carbons (Fsp3) is 0.375. The van der Waals surface area contributed by atoms with Crippen LogP contribution < -0.4 is 4.90 Å². The Morgan fingerprint density at radius 2 is 2.50 bits per heavy atom. The van der Waals surface area contributed by atoms with Gasteiger partial charge in [-0.3, -0.25) is 0 Å². The molecule has 1 aromatic rings. The van der Waals surface area contributed by atoms with Gasteiger partial charge in [-0.15, -0.1) is 11.3 Å². The van der Waals surface area contributed by atoms with Gasteiger partial charge in [0.05, 0.1) is 5.69 Å². The summed E-state index contributed by atoms with van der Waals surface area (Å²) in [6.45, 7) is 0.943. The van der Waals surface area contributed by atoms with Crippen molar-refractivity contribution in [2.24, 2.45) is 0 Å². The molecule has 1 aliphatic heterocycles. The van der Waals surface area contributed by atoms with E-state index < -0.39 is 5.97 Å². The van der Waals surface area contributed by atoms with Crippen LogP contribution in [0.15, 0.2) is 5.38 Å². The molecule has 0 unspecified atom stereocenters. The molecule has 0 fully saturated rings. The Balaban J connectivity index is 2.49. The van der Waals surface area contributed by atoms with Gasteiger partial charge >= 0.3 is 5.97 Å². The van der Waals surface area contributed by atoms with Crippen molar-refractivity contribution in [3.05, 3.63) is 15.8 Å². The predicted molar refractivity (Wildman–Crippen MR) is 48.3 cm³/mol. The van der Waals surface area contributed by atoms with Crippen LogP contribution in [0.25, 0.3) is 0 Å². The number of fused-ring (bicyclic) bond motifs is 1. The van der Waals surface area contributed by atoms with Crippen molar-refractivity contribution >= 4 is 23.0 Å². The molecule has 2 rings (SSSR count). The summed E-state index contributed by atoms with van der Waals surface area (Å²) in [7, 11) is 1.99. The summed E-state index contributed by atoms with van der Waals surface area (Å²) >= 11 is 1.32. The van der Waals surface area contributed by atoms with Crippen molar-refractivity contribution in [2.45, 2.75) is 6.42 Å². The van der Waals surface area contributed by atoms with E-state index in [-0.39, 0.29) is 0 Å². The molecule has 3 nitrogen and oxygen atoms in total. The maximum atomic E-state index is 10.7. The molecule has 1 N–H and O–H groups in total. The molecular formula is C8H9NO2S. The highest BCUT2D eigenvalue weighted by Gasteiger charge is 2.23. The topological polar surface area (TPSA) is 40.5 Å². The van der Waals surface area contributed by atoms with Gasteiger partial charge in [0.2, 0.25) is 0 Å². The Morgan fingerprint density at radius 1 is 1.75 bits per heavy atom. The van der Waals surface area contributed by atoms with Crippen molar-refractivity contribution in [2.75, 3.05) is 18.5 Å². The lowest BCUT2D eigenvalue weighted by molar-refractivity contribution is 0.0701. The number of nitrogens with zero attached hydrogens (tertiary/aromatic N) is 1. The summed E-state index contributed by atoms with van der Waals surface area (Å²) in [6.07, 6.45) is 0.872. The van der Waals surface area contributed by atoms with Crippen LogP contribution in [-0.2, 0) is 6.42 Å². The number of carbonyl (C=O) groups is 1. The van der Waals surface area contributed by atoms with Crippen LogP contribution in [0.1, 0.15) is 15.2 Å². The first-order chi connectivity index (χ1) is 5.70. The third-order valence-electron chi connectivity index (χ3n) is 2.17. The normalized spacial score (nSPS) is 14.9. The van der Waals surface area contributed by atoms with Crippen LogP contribution in [-0.4, -0.2) is 24.7 Å². The first-order valence-electron chi connectivity index (χ1n) is 3.75. The molecule has 12 heavy (non-hydrogen) atoms. The third kappa shape index (κ3) is 0.914. The Morgan fingerprint density at radius 3 is 3.17 bits per heavy atom. The molecule has 0 amide bonds. The van der Waals surface area contributed by atoms with Gasteiger partial charge in [0.15, 0.2) is 0 Å². The number of hydrogen-bond acceptors (Lipinski definition) is 3. The lowest BCUT2D eigenvalue weighted by Crippen LogP contribution is -2.11. The van der Waals surface area contributed by atoms with Gasteiger partial charge < -0.3 is 10.0 Å². The molecule has 0 atom stereocenters. The van der Waals surface area contributed by atoms with Gasteiger partial charge in [-0.25, -0.2) is 4.79 Å². The van der Waals surface area contributed by atoms with Crippen molar-refractivity contribution in [3.63, 3.8) is 0 Å². The number of likely N-dealkylation sites (N-methyl/N-ethyl adjacent to an activating group) is 1. The second-order valence-electron chi connectivity index (χ2n) is 2.91. The minimum absolute atomic E-state index is 0.509. The van der Waals surface area contributed by atoms with Gasteiger partial charge in [-0.2, -0.15) is 0 Å². The van der Waals surface area contributed by atoms with E-state index in [1.165, 1.54) is 11.3 Å². The van der Waals surface area contributed by atoms with Crippen LogP contribution in [0.4, 0.5) is 5.69 Å². The minimum Gasteiger partial charge on any atom is -0.477 e. The zero-order valence-electron chi connectivity index (χ0n) is 6.70. The lowest BCUT2D eigenvalue weighted by Gasteiger charge is -2.07. The standard InChI is InChI=1S/C8H9NO2S/c1-9-3-2-5-6(9)4-12-7(5)8(10)11/h4H,2-3H2,1H3,(H,10,11). The smallest absolute Gasteiger partial charge is 0.346 e. The van der Waals surface area contributed by atoms with E-state index in [4.69, 9.17) is 5.11 Å². The quantitative estimate of drug-likeness (QED) is 0.716. The summed E-state index contributed by atoms with van der Waals surface area (Å²) < 4.78 is 0. The van der Waals surface area contributed by atoms with Crippen LogP contribution in [0.2, 0.25) is 0 Å². The molecule has 0 saturated heterocycles. The number of aromatic carboxylic acids is 1. The molecule has 0 aliphatic carbocycles. The van der Waals surface area contributed by atoms with Crippen LogP contribution >= 0.6 is 11.3 Å². The molecule has 0 bridgehead atoms. The number of hydrogen-bond donors (Lipinski definition) is 1. The monoisotopic (exact) mass is 183 g/mol. The van der Waals surface area contributed by atoms with Gasteiger partial charge in [0.1, 0.15) is 4.88 Å². The first kappa shape index (κ1) is 7.61. The van der Waals surface area contributed by atoms with Gasteiger partial charge in [-0.1, -0.05) is 0 Å². The molecule has 0 saturated carbocycles. The largest absolute Gasteiger partial charge is 0.477 e. The van der Waals surface area contributed by atoms with E-state index >= 15 is 0 Å². The number of rotatable bonds is 1. The minimum atomic E-state index is -0.795. The van der Waals surface area contributed by atoms with Crippen molar-refractivity contribution in [1.82, 2.24) is 0 Å². The lowest BCUT2D eigenvalue weighted by atomic mass is 10.2. The fourth-order valence-electron chi connectivity index (χ4n) is 1.51. The summed E-state index contributed by atoms with van der Waals surface area (Å²) in [4.78, 5) is 13.3. The average molecular weight is 183 g/mol. The van der Waals surface area contributed by atoms with Crippen molar-refractivity contribution < 1.29 is 9.90 Å². The number of carboxylic acids is 1. The van der Waals surface area contributed by atoms with Crippen LogP contribution in [0, 0.1) is 0 Å². The summed E-state index contributed by atoms with van der Waals surface area (Å²) in [5.41, 5.74) is 2.10. The maximum Gasteiger partial charge on any atom is 0.346 e. The highest BCUT2D eigenvalue weighted by atomic mass is 32.1. The molecule has 64 valence electrons. The SMILES string of the molecule is CN1CCc2c1csc2C(=O)O. The van der Waals surface area contributed by atoms with Crippen LogP contribution in [0.3, 0.4) is 0 Å². The number of anilines is 1. The van der Waals surface area contributed by atoms with E-state index in [0.717, 1.165) is 24.2 Å². The summed E-state index contributed by atoms with van der Waals surface area (Å²) in [5.74, 6) is -0.795. The van der Waals surface area contributed by atoms with E-state index in [2.05, 4.69) is 4.90 Å². The Labute approximate surface area is 74.2 Å². The number of carboxylic acid groups (broad SMARTS) is 1. The Bertz CT molecular complexity index is 332. The molecular weight excluding hydrogens is 174 g/mol. The number of thiophene rings is 1. The van der Waals surface area contributed by atoms with Crippen LogP contribution in [0.5, 0.6) is 0 Å². The average Bonchev–Trinajstić information content (AvgIpc) is 2.53. The predicted octanol–water partition coefficient (Wildman–Crippen LogP) is 1.44. The molecule has 4 heteroatoms. The third-order valence-corrected chi connectivity index (χ3v) is 3.17. The van der Waals surface area contributed by atoms with Crippen molar-refractivity contribution in [3.8, 4) is 0 Å². The Kier molecular flexibility index (Phi) is 1.58. The molecule has 1 aliphatic rings. The molecule has 2 heterocycles. The second-order valence-corrected chi connectivity index (χ2v) is 3.78. The maximum absolute atomic E-state index is 10.7.